The quantitative estimate of drug-likeness (QED) is 0.200. The molecule has 0 atom stereocenters. The minimum Gasteiger partial charge on any atom is -0.212 e. The fraction of sp³-hybridized carbons (Fsp3) is 0.765. The molecule has 0 spiro atoms. The van der Waals surface area contributed by atoms with Gasteiger partial charge in [0.2, 0.25) is 0 Å². The molecule has 0 unspecified atom stereocenters. The van der Waals surface area contributed by atoms with Crippen LogP contribution in [0, 0.1) is 35.4 Å². The Morgan fingerprint density at radius 1 is 0.795 bits per heavy atom. The molecule has 3 aliphatic carbocycles. The van der Waals surface area contributed by atoms with Gasteiger partial charge in [-0.3, -0.25) is 0 Å². The van der Waals surface area contributed by atoms with Crippen LogP contribution in [0.3, 0.4) is 0 Å². The molecular weight excluding hydrogens is 503 g/mol. The van der Waals surface area contributed by atoms with Gasteiger partial charge in [0.25, 0.3) is 0 Å². The molecule has 4 rings (SSSR count). The van der Waals surface area contributed by atoms with Gasteiger partial charge in [-0.15, -0.1) is 0 Å². The minimum absolute atomic E-state index is 0.0528. The molecule has 1 aromatic carbocycles. The zero-order valence-electron chi connectivity index (χ0n) is 23.9. The number of allylic oxidation sites excluding steroid dienone is 2. The van der Waals surface area contributed by atoms with E-state index in [1.807, 2.05) is 6.07 Å². The Morgan fingerprint density at radius 3 is 1.95 bits per heavy atom. The number of hydrogen-bond acceptors (Lipinski definition) is 0. The smallest absolute Gasteiger partial charge is 0.212 e. The number of aryl methyl sites for hydroxylation is 1. The first-order chi connectivity index (χ1) is 18.7. The van der Waals surface area contributed by atoms with E-state index in [9.17, 15) is 17.6 Å². The predicted octanol–water partition coefficient (Wildman–Crippen LogP) is 11.6. The highest BCUT2D eigenvalue weighted by molar-refractivity contribution is 5.28. The van der Waals surface area contributed by atoms with Gasteiger partial charge in [0, 0.05) is 5.92 Å². The van der Waals surface area contributed by atoms with Crippen LogP contribution in [0.5, 0.6) is 0 Å². The predicted molar refractivity (Wildman–Crippen MR) is 150 cm³/mol. The molecule has 0 nitrogen and oxygen atoms in total. The summed E-state index contributed by atoms with van der Waals surface area (Å²) in [5.41, 5.74) is 1.98. The summed E-state index contributed by atoms with van der Waals surface area (Å²) in [5.74, 6) is 1.31. The molecule has 0 aliphatic heterocycles. The molecule has 220 valence electrons. The highest BCUT2D eigenvalue weighted by Crippen LogP contribution is 2.46. The van der Waals surface area contributed by atoms with Crippen LogP contribution >= 0.6 is 0 Å². The Kier molecular flexibility index (Phi) is 11.4. The number of rotatable bonds is 10. The molecule has 3 fully saturated rings. The fourth-order valence-electron chi connectivity index (χ4n) is 7.96. The summed E-state index contributed by atoms with van der Waals surface area (Å²) in [7, 11) is 0. The van der Waals surface area contributed by atoms with Crippen molar-refractivity contribution in [3.63, 3.8) is 0 Å². The summed E-state index contributed by atoms with van der Waals surface area (Å²) >= 11 is 0. The number of benzene rings is 1. The molecule has 0 heterocycles. The van der Waals surface area contributed by atoms with Crippen molar-refractivity contribution in [3.05, 3.63) is 47.0 Å². The maximum Gasteiger partial charge on any atom is 0.412 e. The zero-order valence-corrected chi connectivity index (χ0v) is 23.9. The van der Waals surface area contributed by atoms with Crippen molar-refractivity contribution in [1.82, 2.24) is 0 Å². The fourth-order valence-corrected chi connectivity index (χ4v) is 7.96. The monoisotopic (exact) mass is 552 g/mol. The molecule has 5 heteroatoms. The standard InChI is InChI=1S/C34H49F5/c1-2-3-4-5-24-6-8-25(9-7-24)10-11-26-12-21-31(32(35)22-26)29-17-13-27(14-18-29)28-15-19-30(20-16-28)33(36)23-34(37,38)39/h12,21-25,27-30H,2-11,13-20H2,1H3/b33-23-. The van der Waals surface area contributed by atoms with Crippen LogP contribution in [0.25, 0.3) is 0 Å². The SMILES string of the molecule is CCCCCC1CCC(CCc2ccc(C3CCC(C4CCC(/C(F)=C/C(F)(F)F)CC4)CC3)c(F)c2)CC1. The molecule has 0 saturated heterocycles. The average Bonchev–Trinajstić information content (AvgIpc) is 2.92. The second kappa shape index (κ2) is 14.5. The molecule has 0 radical (unpaired) electrons. The van der Waals surface area contributed by atoms with Crippen LogP contribution in [-0.4, -0.2) is 6.18 Å². The molecular formula is C34H49F5. The largest absolute Gasteiger partial charge is 0.412 e. The zero-order chi connectivity index (χ0) is 27.8. The van der Waals surface area contributed by atoms with E-state index < -0.39 is 17.9 Å². The maximum absolute atomic E-state index is 15.2. The third-order valence-corrected chi connectivity index (χ3v) is 10.4. The van der Waals surface area contributed by atoms with Gasteiger partial charge in [0.05, 0.1) is 6.08 Å². The first-order valence-corrected chi connectivity index (χ1v) is 15.9. The second-order valence-electron chi connectivity index (χ2n) is 13.1. The topological polar surface area (TPSA) is 0 Å². The summed E-state index contributed by atoms with van der Waals surface area (Å²) in [6.45, 7) is 2.27. The van der Waals surface area contributed by atoms with Crippen LogP contribution in [0.4, 0.5) is 22.0 Å². The van der Waals surface area contributed by atoms with E-state index in [0.717, 1.165) is 67.9 Å². The van der Waals surface area contributed by atoms with Crippen LogP contribution in [0.1, 0.15) is 133 Å². The lowest BCUT2D eigenvalue weighted by Gasteiger charge is -2.37. The Labute approximate surface area is 233 Å². The van der Waals surface area contributed by atoms with Gasteiger partial charge in [-0.1, -0.05) is 70.4 Å². The van der Waals surface area contributed by atoms with Crippen LogP contribution < -0.4 is 0 Å². The maximum atomic E-state index is 15.2. The van der Waals surface area contributed by atoms with E-state index in [2.05, 4.69) is 13.0 Å². The summed E-state index contributed by atoms with van der Waals surface area (Å²) in [5, 5.41) is 0. The van der Waals surface area contributed by atoms with Crippen LogP contribution in [0.15, 0.2) is 30.1 Å². The van der Waals surface area contributed by atoms with Gasteiger partial charge in [0.15, 0.2) is 0 Å². The van der Waals surface area contributed by atoms with E-state index in [-0.39, 0.29) is 17.8 Å². The van der Waals surface area contributed by atoms with Crippen molar-refractivity contribution in [1.29, 1.82) is 0 Å². The van der Waals surface area contributed by atoms with E-state index >= 15 is 4.39 Å². The van der Waals surface area contributed by atoms with E-state index in [1.54, 1.807) is 6.07 Å². The minimum atomic E-state index is -4.58. The summed E-state index contributed by atoms with van der Waals surface area (Å²) in [6.07, 6.45) is 14.8. The second-order valence-corrected chi connectivity index (χ2v) is 13.1. The normalized spacial score (nSPS) is 30.9. The number of unbranched alkanes of at least 4 members (excludes halogenated alkanes) is 2. The highest BCUT2D eigenvalue weighted by Gasteiger charge is 2.34. The molecule has 1 aromatic rings. The van der Waals surface area contributed by atoms with Crippen LogP contribution in [0.2, 0.25) is 0 Å². The number of halogens is 5. The van der Waals surface area contributed by atoms with Crippen molar-refractivity contribution < 1.29 is 22.0 Å². The Balaban J connectivity index is 1.18. The molecule has 0 amide bonds. The van der Waals surface area contributed by atoms with Crippen molar-refractivity contribution >= 4 is 0 Å². The molecule has 0 N–H and O–H groups in total. The van der Waals surface area contributed by atoms with Crippen molar-refractivity contribution in [2.75, 3.05) is 0 Å². The molecule has 3 saturated carbocycles. The van der Waals surface area contributed by atoms with Crippen molar-refractivity contribution in [3.8, 4) is 0 Å². The van der Waals surface area contributed by atoms with Gasteiger partial charge in [0.1, 0.15) is 11.6 Å². The molecule has 0 aromatic heterocycles. The lowest BCUT2D eigenvalue weighted by atomic mass is 9.68. The first kappa shape index (κ1) is 30.6. The third kappa shape index (κ3) is 9.32. The van der Waals surface area contributed by atoms with Crippen LogP contribution in [-0.2, 0) is 6.42 Å². The molecule has 0 bridgehead atoms. The lowest BCUT2D eigenvalue weighted by Crippen LogP contribution is -2.26. The van der Waals surface area contributed by atoms with Crippen molar-refractivity contribution in [2.45, 2.75) is 135 Å². The third-order valence-electron chi connectivity index (χ3n) is 10.4. The number of hydrogen-bond donors (Lipinski definition) is 0. The van der Waals surface area contributed by atoms with Gasteiger partial charge >= 0.3 is 6.18 Å². The summed E-state index contributed by atoms with van der Waals surface area (Å²) in [6, 6.07) is 5.95. The van der Waals surface area contributed by atoms with E-state index in [1.165, 1.54) is 57.8 Å². The lowest BCUT2D eigenvalue weighted by molar-refractivity contribution is -0.0821. The summed E-state index contributed by atoms with van der Waals surface area (Å²) in [4.78, 5) is 0. The number of alkyl halides is 3. The Bertz CT molecular complexity index is 895. The van der Waals surface area contributed by atoms with Gasteiger partial charge in [-0.05, 0) is 111 Å². The van der Waals surface area contributed by atoms with Gasteiger partial charge < -0.3 is 0 Å². The molecule has 39 heavy (non-hydrogen) atoms. The van der Waals surface area contributed by atoms with Gasteiger partial charge in [-0.2, -0.15) is 13.2 Å². The van der Waals surface area contributed by atoms with Crippen molar-refractivity contribution in [2.24, 2.45) is 29.6 Å². The first-order valence-electron chi connectivity index (χ1n) is 15.9. The Hall–Kier alpha value is -1.39. The summed E-state index contributed by atoms with van der Waals surface area (Å²) < 4.78 is 66.6. The van der Waals surface area contributed by atoms with Gasteiger partial charge in [-0.25, -0.2) is 8.78 Å². The highest BCUT2D eigenvalue weighted by atomic mass is 19.4. The van der Waals surface area contributed by atoms with E-state index in [4.69, 9.17) is 0 Å². The molecule has 3 aliphatic rings. The Morgan fingerprint density at radius 2 is 1.38 bits per heavy atom. The van der Waals surface area contributed by atoms with E-state index in [0.29, 0.717) is 24.7 Å². The average molecular weight is 553 g/mol.